The lowest BCUT2D eigenvalue weighted by Gasteiger charge is -2.26. The van der Waals surface area contributed by atoms with Crippen LogP contribution in [0, 0.1) is 10.1 Å². The Kier molecular flexibility index (Phi) is 3.71. The van der Waals surface area contributed by atoms with Crippen LogP contribution in [0.5, 0.6) is 0 Å². The van der Waals surface area contributed by atoms with E-state index in [4.69, 9.17) is 4.84 Å². The molecule has 1 atom stereocenters. The van der Waals surface area contributed by atoms with E-state index in [-0.39, 0.29) is 18.0 Å². The van der Waals surface area contributed by atoms with Crippen LogP contribution in [0.1, 0.15) is 13.3 Å². The zero-order chi connectivity index (χ0) is 16.4. The molecule has 118 valence electrons. The molecule has 1 amide bonds. The number of carbonyl (C=O) groups is 1. The van der Waals surface area contributed by atoms with E-state index in [1.165, 1.54) is 17.2 Å². The third kappa shape index (κ3) is 3.14. The van der Waals surface area contributed by atoms with Crippen LogP contribution < -0.4 is 10.4 Å². The lowest BCUT2D eigenvalue weighted by Crippen LogP contribution is -2.35. The molecule has 7 heteroatoms. The molecule has 1 saturated heterocycles. The summed E-state index contributed by atoms with van der Waals surface area (Å²) in [5.41, 5.74) is 0.394. The summed E-state index contributed by atoms with van der Waals surface area (Å²) >= 11 is 0. The monoisotopic (exact) mass is 313 g/mol. The van der Waals surface area contributed by atoms with Crippen LogP contribution in [-0.4, -0.2) is 16.6 Å². The third-order valence-electron chi connectivity index (χ3n) is 3.49. The number of nitro benzene ring substituents is 1. The van der Waals surface area contributed by atoms with Gasteiger partial charge in [0.05, 0.1) is 17.0 Å². The third-order valence-corrected chi connectivity index (χ3v) is 3.49. The van der Waals surface area contributed by atoms with Gasteiger partial charge in [0.1, 0.15) is 0 Å². The first kappa shape index (κ1) is 15.0. The highest BCUT2D eigenvalue weighted by Crippen LogP contribution is 2.32. The predicted octanol–water partition coefficient (Wildman–Crippen LogP) is 3.09. The molecule has 0 saturated carbocycles. The Labute approximate surface area is 132 Å². The van der Waals surface area contributed by atoms with Crippen LogP contribution in [-0.2, 0) is 9.63 Å². The van der Waals surface area contributed by atoms with Gasteiger partial charge in [0.2, 0.25) is 0 Å². The van der Waals surface area contributed by atoms with Gasteiger partial charge in [0, 0.05) is 17.8 Å². The first-order valence-corrected chi connectivity index (χ1v) is 7.07. The molecular formula is C16H15N3O4. The van der Waals surface area contributed by atoms with E-state index in [0.29, 0.717) is 11.4 Å². The van der Waals surface area contributed by atoms with Crippen LogP contribution in [0.3, 0.4) is 0 Å². The number of amides is 1. The van der Waals surface area contributed by atoms with Crippen LogP contribution in [0.25, 0.3) is 0 Å². The topological polar surface area (TPSA) is 84.7 Å². The summed E-state index contributed by atoms with van der Waals surface area (Å²) in [5.74, 6) is -0.159. The quantitative estimate of drug-likeness (QED) is 0.692. The molecule has 0 aromatic heterocycles. The van der Waals surface area contributed by atoms with Crippen molar-refractivity contribution in [2.75, 3.05) is 10.4 Å². The highest BCUT2D eigenvalue weighted by molar-refractivity contribution is 5.94. The summed E-state index contributed by atoms with van der Waals surface area (Å²) in [7, 11) is 0. The number of hydroxylamine groups is 1. The molecule has 1 aliphatic heterocycles. The summed E-state index contributed by atoms with van der Waals surface area (Å²) < 4.78 is 0. The molecule has 2 aromatic carbocycles. The van der Waals surface area contributed by atoms with Crippen LogP contribution in [0.15, 0.2) is 54.6 Å². The minimum Gasteiger partial charge on any atom is -0.355 e. The van der Waals surface area contributed by atoms with E-state index in [1.54, 1.807) is 31.2 Å². The van der Waals surface area contributed by atoms with Gasteiger partial charge in [-0.15, -0.1) is 0 Å². The zero-order valence-electron chi connectivity index (χ0n) is 12.4. The molecule has 1 aliphatic rings. The maximum atomic E-state index is 12.2. The van der Waals surface area contributed by atoms with E-state index in [0.717, 1.165) is 0 Å². The minimum absolute atomic E-state index is 0.00929. The summed E-state index contributed by atoms with van der Waals surface area (Å²) in [6.45, 7) is 1.76. The lowest BCUT2D eigenvalue weighted by atomic mass is 10.1. The Morgan fingerprint density at radius 1 is 1.17 bits per heavy atom. The normalized spacial score (nSPS) is 20.6. The lowest BCUT2D eigenvalue weighted by molar-refractivity contribution is -0.384. The van der Waals surface area contributed by atoms with Crippen molar-refractivity contribution < 1.29 is 14.6 Å². The average Bonchev–Trinajstić information content (AvgIpc) is 2.83. The molecule has 0 bridgehead atoms. The summed E-state index contributed by atoms with van der Waals surface area (Å²) in [4.78, 5) is 28.2. The zero-order valence-corrected chi connectivity index (χ0v) is 12.4. The Bertz CT molecular complexity index is 733. The van der Waals surface area contributed by atoms with Crippen molar-refractivity contribution in [1.82, 2.24) is 0 Å². The second kappa shape index (κ2) is 5.69. The van der Waals surface area contributed by atoms with Gasteiger partial charge in [-0.2, -0.15) is 5.06 Å². The highest BCUT2D eigenvalue weighted by atomic mass is 16.7. The molecular weight excluding hydrogens is 298 g/mol. The van der Waals surface area contributed by atoms with E-state index in [2.05, 4.69) is 5.32 Å². The van der Waals surface area contributed by atoms with E-state index < -0.39 is 10.6 Å². The number of rotatable bonds is 4. The summed E-state index contributed by atoms with van der Waals surface area (Å²) in [6.07, 6.45) is 0.152. The van der Waals surface area contributed by atoms with Crippen molar-refractivity contribution in [1.29, 1.82) is 0 Å². The molecule has 2 aromatic rings. The second-order valence-corrected chi connectivity index (χ2v) is 5.45. The first-order chi connectivity index (χ1) is 11.0. The van der Waals surface area contributed by atoms with Crippen molar-refractivity contribution in [3.8, 4) is 0 Å². The fourth-order valence-corrected chi connectivity index (χ4v) is 2.44. The molecule has 1 N–H and O–H groups in total. The van der Waals surface area contributed by atoms with Gasteiger partial charge in [-0.1, -0.05) is 18.2 Å². The van der Waals surface area contributed by atoms with E-state index >= 15 is 0 Å². The van der Waals surface area contributed by atoms with Crippen LogP contribution in [0.2, 0.25) is 0 Å². The van der Waals surface area contributed by atoms with Crippen LogP contribution >= 0.6 is 0 Å². The first-order valence-electron chi connectivity index (χ1n) is 7.07. The Morgan fingerprint density at radius 2 is 1.83 bits per heavy atom. The molecule has 1 fully saturated rings. The fraction of sp³-hybridized carbons (Fsp3) is 0.188. The van der Waals surface area contributed by atoms with Crippen LogP contribution in [0.4, 0.5) is 17.1 Å². The molecule has 0 aliphatic carbocycles. The minimum atomic E-state index is -0.914. The van der Waals surface area contributed by atoms with Gasteiger partial charge in [-0.25, -0.2) is 4.84 Å². The largest absolute Gasteiger partial charge is 0.355 e. The van der Waals surface area contributed by atoms with Gasteiger partial charge >= 0.3 is 0 Å². The van der Waals surface area contributed by atoms with E-state index in [9.17, 15) is 14.9 Å². The number of nitrogens with zero attached hydrogens (tertiary/aromatic N) is 2. The van der Waals surface area contributed by atoms with Crippen molar-refractivity contribution in [3.63, 3.8) is 0 Å². The van der Waals surface area contributed by atoms with Gasteiger partial charge in [-0.3, -0.25) is 14.9 Å². The van der Waals surface area contributed by atoms with Crippen molar-refractivity contribution >= 4 is 23.0 Å². The SMILES string of the molecule is C[C@@]1(Nc2ccc([N+](=O)[O-])cc2)CC(=O)N(c2ccccc2)O1. The molecule has 0 radical (unpaired) electrons. The number of benzene rings is 2. The number of para-hydroxylation sites is 1. The number of non-ortho nitro benzene ring substituents is 1. The number of hydrogen-bond donors (Lipinski definition) is 1. The number of carbonyl (C=O) groups excluding carboxylic acids is 1. The number of hydrogen-bond acceptors (Lipinski definition) is 5. The molecule has 7 nitrogen and oxygen atoms in total. The summed E-state index contributed by atoms with van der Waals surface area (Å²) in [6, 6.07) is 15.1. The standard InChI is InChI=1S/C16H15N3O4/c1-16(17-12-7-9-14(10-8-12)19(21)22)11-15(20)18(23-16)13-5-3-2-4-6-13/h2-10,17H,11H2,1H3/t16-/m0/s1. The molecule has 0 spiro atoms. The molecule has 0 unspecified atom stereocenters. The molecule has 3 rings (SSSR count). The van der Waals surface area contributed by atoms with Crippen molar-refractivity contribution in [2.45, 2.75) is 19.1 Å². The average molecular weight is 313 g/mol. The maximum absolute atomic E-state index is 12.2. The van der Waals surface area contributed by atoms with Gasteiger partial charge < -0.3 is 5.32 Å². The predicted molar refractivity (Wildman–Crippen MR) is 84.8 cm³/mol. The number of nitrogens with one attached hydrogen (secondary N) is 1. The van der Waals surface area contributed by atoms with Gasteiger partial charge in [0.15, 0.2) is 5.72 Å². The van der Waals surface area contributed by atoms with Crippen molar-refractivity contribution in [3.05, 3.63) is 64.7 Å². The number of nitro groups is 1. The van der Waals surface area contributed by atoms with E-state index in [1.807, 2.05) is 18.2 Å². The van der Waals surface area contributed by atoms with Gasteiger partial charge in [-0.05, 0) is 31.2 Å². The molecule has 1 heterocycles. The summed E-state index contributed by atoms with van der Waals surface area (Å²) in [5, 5.41) is 15.0. The smallest absolute Gasteiger partial charge is 0.269 e. The molecule has 23 heavy (non-hydrogen) atoms. The Morgan fingerprint density at radius 3 is 2.43 bits per heavy atom. The fourth-order valence-electron chi connectivity index (χ4n) is 2.44. The van der Waals surface area contributed by atoms with Gasteiger partial charge in [0.25, 0.3) is 11.6 Å². The second-order valence-electron chi connectivity index (χ2n) is 5.45. The maximum Gasteiger partial charge on any atom is 0.269 e. The Hall–Kier alpha value is -2.93. The van der Waals surface area contributed by atoms with Crippen molar-refractivity contribution in [2.24, 2.45) is 0 Å². The number of anilines is 2. The Balaban J connectivity index is 1.75. The highest BCUT2D eigenvalue weighted by Gasteiger charge is 2.42.